The van der Waals surface area contributed by atoms with Crippen molar-refractivity contribution in [3.05, 3.63) is 29.3 Å². The number of hydrogen-bond donors (Lipinski definition) is 0. The van der Waals surface area contributed by atoms with E-state index in [4.69, 9.17) is 6.42 Å². The Labute approximate surface area is 90.1 Å². The third-order valence-electron chi connectivity index (χ3n) is 2.62. The molecule has 0 bridgehead atoms. The average molecular weight is 202 g/mol. The lowest BCUT2D eigenvalue weighted by Gasteiger charge is -2.30. The van der Waals surface area contributed by atoms with E-state index in [0.717, 1.165) is 5.56 Å². The molecule has 0 unspecified atom stereocenters. The van der Waals surface area contributed by atoms with Gasteiger partial charge in [0.05, 0.1) is 0 Å². The topological polar surface area (TPSA) is 0 Å². The number of fused-ring (bicyclic) bond motifs is 1. The maximum Gasteiger partial charge on any atom is 0.0253 e. The SMILES string of the molecule is C#Cc1ccc2c(c1)SC(C)(C)CC2. The van der Waals surface area contributed by atoms with Gasteiger partial charge in [0.15, 0.2) is 0 Å². The average Bonchev–Trinajstić information content (AvgIpc) is 2.15. The zero-order chi connectivity index (χ0) is 10.2. The fourth-order valence-electron chi connectivity index (χ4n) is 1.73. The molecule has 1 aromatic carbocycles. The van der Waals surface area contributed by atoms with Gasteiger partial charge in [0, 0.05) is 15.2 Å². The van der Waals surface area contributed by atoms with Crippen molar-refractivity contribution in [2.24, 2.45) is 0 Å². The molecule has 0 saturated carbocycles. The zero-order valence-electron chi connectivity index (χ0n) is 8.63. The van der Waals surface area contributed by atoms with Gasteiger partial charge in [-0.1, -0.05) is 25.8 Å². The van der Waals surface area contributed by atoms with Crippen molar-refractivity contribution in [3.63, 3.8) is 0 Å². The van der Waals surface area contributed by atoms with Crippen LogP contribution in [0.25, 0.3) is 0 Å². The summed E-state index contributed by atoms with van der Waals surface area (Å²) in [6.45, 7) is 4.59. The van der Waals surface area contributed by atoms with E-state index in [0.29, 0.717) is 4.75 Å². The Kier molecular flexibility index (Phi) is 2.33. The van der Waals surface area contributed by atoms with Gasteiger partial charge in [-0.15, -0.1) is 18.2 Å². The van der Waals surface area contributed by atoms with Crippen LogP contribution in [0.3, 0.4) is 0 Å². The summed E-state index contributed by atoms with van der Waals surface area (Å²) in [6, 6.07) is 6.35. The summed E-state index contributed by atoms with van der Waals surface area (Å²) >= 11 is 1.95. The highest BCUT2D eigenvalue weighted by Crippen LogP contribution is 2.42. The standard InChI is InChI=1S/C13H14S/c1-4-10-5-6-11-7-8-13(2,3)14-12(11)9-10/h1,5-6,9H,7-8H2,2-3H3. The molecule has 0 aromatic heterocycles. The van der Waals surface area contributed by atoms with E-state index in [1.54, 1.807) is 0 Å². The second kappa shape index (κ2) is 3.37. The minimum Gasteiger partial charge on any atom is -0.120 e. The van der Waals surface area contributed by atoms with Crippen LogP contribution in [-0.2, 0) is 6.42 Å². The van der Waals surface area contributed by atoms with E-state index in [1.165, 1.54) is 23.3 Å². The van der Waals surface area contributed by atoms with Crippen molar-refractivity contribution in [2.45, 2.75) is 36.3 Å². The number of rotatable bonds is 0. The van der Waals surface area contributed by atoms with Crippen LogP contribution >= 0.6 is 11.8 Å². The molecule has 0 fully saturated rings. The van der Waals surface area contributed by atoms with Crippen molar-refractivity contribution in [2.75, 3.05) is 0 Å². The molecule has 72 valence electrons. The first kappa shape index (κ1) is 9.68. The van der Waals surface area contributed by atoms with E-state index in [-0.39, 0.29) is 0 Å². The van der Waals surface area contributed by atoms with E-state index in [2.05, 4.69) is 31.9 Å². The molecule has 0 atom stereocenters. The maximum absolute atomic E-state index is 5.39. The molecule has 1 heterocycles. The van der Waals surface area contributed by atoms with Gasteiger partial charge in [0.25, 0.3) is 0 Å². The Hall–Kier alpha value is -0.870. The molecule has 0 saturated heterocycles. The van der Waals surface area contributed by atoms with Gasteiger partial charge in [0.1, 0.15) is 0 Å². The predicted molar refractivity (Wildman–Crippen MR) is 62.6 cm³/mol. The van der Waals surface area contributed by atoms with Crippen molar-refractivity contribution in [1.29, 1.82) is 0 Å². The first-order valence-electron chi connectivity index (χ1n) is 4.89. The molecule has 0 radical (unpaired) electrons. The summed E-state index contributed by atoms with van der Waals surface area (Å²) in [5.41, 5.74) is 2.45. The predicted octanol–water partition coefficient (Wildman–Crippen LogP) is 3.48. The number of aryl methyl sites for hydroxylation is 1. The highest BCUT2D eigenvalue weighted by molar-refractivity contribution is 8.00. The Balaban J connectivity index is 2.40. The van der Waals surface area contributed by atoms with Gasteiger partial charge in [-0.25, -0.2) is 0 Å². The molecule has 2 rings (SSSR count). The van der Waals surface area contributed by atoms with Crippen LogP contribution in [0, 0.1) is 12.3 Å². The molecule has 0 aliphatic carbocycles. The van der Waals surface area contributed by atoms with Crippen LogP contribution < -0.4 is 0 Å². The van der Waals surface area contributed by atoms with Gasteiger partial charge >= 0.3 is 0 Å². The summed E-state index contributed by atoms with van der Waals surface area (Å²) in [6.07, 6.45) is 7.82. The van der Waals surface area contributed by atoms with Crippen molar-refractivity contribution >= 4 is 11.8 Å². The molecule has 1 aromatic rings. The third-order valence-corrected chi connectivity index (χ3v) is 3.97. The lowest BCUT2D eigenvalue weighted by molar-refractivity contribution is 0.621. The molecule has 0 amide bonds. The summed E-state index contributed by atoms with van der Waals surface area (Å²) in [5, 5.41) is 0. The smallest absolute Gasteiger partial charge is 0.0253 e. The van der Waals surface area contributed by atoms with Crippen molar-refractivity contribution in [1.82, 2.24) is 0 Å². The van der Waals surface area contributed by atoms with Gasteiger partial charge in [-0.2, -0.15) is 0 Å². The van der Waals surface area contributed by atoms with Crippen molar-refractivity contribution < 1.29 is 0 Å². The fourth-order valence-corrected chi connectivity index (χ4v) is 3.02. The molecule has 14 heavy (non-hydrogen) atoms. The summed E-state index contributed by atoms with van der Waals surface area (Å²) in [5.74, 6) is 2.69. The normalized spacial score (nSPS) is 18.4. The summed E-state index contributed by atoms with van der Waals surface area (Å²) in [7, 11) is 0. The molecule has 1 heteroatoms. The van der Waals surface area contributed by atoms with E-state index < -0.39 is 0 Å². The first-order valence-corrected chi connectivity index (χ1v) is 5.71. The number of benzene rings is 1. The quantitative estimate of drug-likeness (QED) is 0.580. The van der Waals surface area contributed by atoms with Crippen LogP contribution in [0.2, 0.25) is 0 Å². The Morgan fingerprint density at radius 1 is 1.43 bits per heavy atom. The maximum atomic E-state index is 5.39. The molecule has 0 N–H and O–H groups in total. The van der Waals surface area contributed by atoms with Gasteiger partial charge in [0.2, 0.25) is 0 Å². The van der Waals surface area contributed by atoms with Crippen LogP contribution in [0.5, 0.6) is 0 Å². The van der Waals surface area contributed by atoms with Crippen LogP contribution in [-0.4, -0.2) is 4.75 Å². The third kappa shape index (κ3) is 1.81. The van der Waals surface area contributed by atoms with E-state index >= 15 is 0 Å². The largest absolute Gasteiger partial charge is 0.120 e. The minimum absolute atomic E-state index is 0.361. The van der Waals surface area contributed by atoms with Crippen LogP contribution in [0.15, 0.2) is 23.1 Å². The van der Waals surface area contributed by atoms with E-state index in [9.17, 15) is 0 Å². The monoisotopic (exact) mass is 202 g/mol. The molecule has 0 spiro atoms. The van der Waals surface area contributed by atoms with Crippen LogP contribution in [0.4, 0.5) is 0 Å². The lowest BCUT2D eigenvalue weighted by Crippen LogP contribution is -2.20. The molecular formula is C13H14S. The highest BCUT2D eigenvalue weighted by atomic mass is 32.2. The Morgan fingerprint density at radius 2 is 2.21 bits per heavy atom. The van der Waals surface area contributed by atoms with Gasteiger partial charge in [-0.3, -0.25) is 0 Å². The van der Waals surface area contributed by atoms with Crippen molar-refractivity contribution in [3.8, 4) is 12.3 Å². The molecule has 1 aliphatic heterocycles. The number of thioether (sulfide) groups is 1. The number of hydrogen-bond acceptors (Lipinski definition) is 1. The molecular weight excluding hydrogens is 188 g/mol. The fraction of sp³-hybridized carbons (Fsp3) is 0.385. The van der Waals surface area contributed by atoms with Gasteiger partial charge < -0.3 is 0 Å². The Bertz CT molecular complexity index is 396. The molecule has 1 aliphatic rings. The van der Waals surface area contributed by atoms with Gasteiger partial charge in [-0.05, 0) is 30.5 Å². The zero-order valence-corrected chi connectivity index (χ0v) is 9.45. The Morgan fingerprint density at radius 3 is 2.93 bits per heavy atom. The van der Waals surface area contributed by atoms with Crippen LogP contribution in [0.1, 0.15) is 31.4 Å². The lowest BCUT2D eigenvalue weighted by atomic mass is 10.00. The highest BCUT2D eigenvalue weighted by Gasteiger charge is 2.25. The van der Waals surface area contributed by atoms with E-state index in [1.807, 2.05) is 17.8 Å². The second-order valence-electron chi connectivity index (χ2n) is 4.33. The summed E-state index contributed by atoms with van der Waals surface area (Å²) in [4.78, 5) is 1.37. The number of terminal acetylenes is 1. The molecule has 0 nitrogen and oxygen atoms in total. The minimum atomic E-state index is 0.361. The second-order valence-corrected chi connectivity index (χ2v) is 6.08. The summed E-state index contributed by atoms with van der Waals surface area (Å²) < 4.78 is 0.361. The first-order chi connectivity index (χ1) is 6.61.